The smallest absolute Gasteiger partial charge is 0.226 e. The van der Waals surface area contributed by atoms with Crippen LogP contribution in [0.15, 0.2) is 30.6 Å². The second-order valence-corrected chi connectivity index (χ2v) is 5.41. The van der Waals surface area contributed by atoms with E-state index in [1.165, 1.54) is 0 Å². The number of amides is 1. The van der Waals surface area contributed by atoms with Gasteiger partial charge in [0.15, 0.2) is 5.82 Å². The molecule has 1 amide bonds. The molecular weight excluding hydrogens is 268 g/mol. The highest BCUT2D eigenvalue weighted by Gasteiger charge is 2.14. The molecule has 21 heavy (non-hydrogen) atoms. The molecule has 0 radical (unpaired) electrons. The molecule has 2 rings (SSSR count). The fraction of sp³-hybridized carbons (Fsp3) is 0.400. The highest BCUT2D eigenvalue weighted by atomic mass is 16.3. The number of hydrogen-bond acceptors (Lipinski definition) is 4. The number of hydrogen-bond donors (Lipinski definition) is 2. The number of nitrogens with zero attached hydrogens (tertiary/aromatic N) is 3. The molecule has 0 aliphatic carbocycles. The van der Waals surface area contributed by atoms with Crippen molar-refractivity contribution in [2.24, 2.45) is 13.0 Å². The first-order valence-corrected chi connectivity index (χ1v) is 6.89. The van der Waals surface area contributed by atoms with E-state index in [0.29, 0.717) is 5.69 Å². The highest BCUT2D eigenvalue weighted by molar-refractivity contribution is 5.91. The first kappa shape index (κ1) is 15.2. The molecule has 6 heteroatoms. The van der Waals surface area contributed by atoms with Gasteiger partial charge in [0.05, 0.1) is 12.5 Å². The van der Waals surface area contributed by atoms with E-state index in [1.807, 2.05) is 43.7 Å². The number of aliphatic hydroxyl groups is 1. The molecule has 1 unspecified atom stereocenters. The van der Waals surface area contributed by atoms with Gasteiger partial charge in [0.25, 0.3) is 0 Å². The van der Waals surface area contributed by atoms with E-state index >= 15 is 0 Å². The molecule has 0 spiro atoms. The molecule has 1 aromatic heterocycles. The summed E-state index contributed by atoms with van der Waals surface area (Å²) in [5, 5.41) is 20.4. The summed E-state index contributed by atoms with van der Waals surface area (Å²) in [6.07, 6.45) is 1.08. The number of anilines is 1. The Bertz CT molecular complexity index is 622. The summed E-state index contributed by atoms with van der Waals surface area (Å²) >= 11 is 0. The molecule has 1 heterocycles. The van der Waals surface area contributed by atoms with Crippen LogP contribution in [0.1, 0.15) is 20.3 Å². The van der Waals surface area contributed by atoms with E-state index in [2.05, 4.69) is 15.5 Å². The Balaban J connectivity index is 2.08. The monoisotopic (exact) mass is 288 g/mol. The quantitative estimate of drug-likeness (QED) is 0.879. The van der Waals surface area contributed by atoms with Crippen LogP contribution in [-0.2, 0) is 11.8 Å². The van der Waals surface area contributed by atoms with E-state index < -0.39 is 6.10 Å². The van der Waals surface area contributed by atoms with Gasteiger partial charge in [0.2, 0.25) is 5.91 Å². The van der Waals surface area contributed by atoms with Gasteiger partial charge in [-0.25, -0.2) is 0 Å². The second kappa shape index (κ2) is 6.49. The zero-order valence-electron chi connectivity index (χ0n) is 12.4. The second-order valence-electron chi connectivity index (χ2n) is 5.41. The topological polar surface area (TPSA) is 80.0 Å². The molecule has 0 fully saturated rings. The number of aliphatic hydroxyl groups excluding tert-OH is 1. The van der Waals surface area contributed by atoms with E-state index in [1.54, 1.807) is 12.4 Å². The summed E-state index contributed by atoms with van der Waals surface area (Å²) < 4.78 is 1.81. The lowest BCUT2D eigenvalue weighted by Gasteiger charge is -2.14. The van der Waals surface area contributed by atoms with Gasteiger partial charge in [-0.3, -0.25) is 4.79 Å². The molecule has 0 saturated heterocycles. The lowest BCUT2D eigenvalue weighted by molar-refractivity contribution is -0.118. The van der Waals surface area contributed by atoms with Crippen molar-refractivity contribution < 1.29 is 9.90 Å². The van der Waals surface area contributed by atoms with Gasteiger partial charge in [0.1, 0.15) is 6.33 Å². The molecule has 1 aromatic carbocycles. The number of benzene rings is 1. The molecule has 0 bridgehead atoms. The fourth-order valence-electron chi connectivity index (χ4n) is 1.92. The normalized spacial score (nSPS) is 12.4. The largest absolute Gasteiger partial charge is 0.392 e. The van der Waals surface area contributed by atoms with Crippen LogP contribution in [0, 0.1) is 5.92 Å². The summed E-state index contributed by atoms with van der Waals surface area (Å²) in [6, 6.07) is 7.39. The Morgan fingerprint density at radius 2 is 2.19 bits per heavy atom. The van der Waals surface area contributed by atoms with Crippen molar-refractivity contribution in [1.29, 1.82) is 0 Å². The van der Waals surface area contributed by atoms with E-state index in [0.717, 1.165) is 11.4 Å². The van der Waals surface area contributed by atoms with Gasteiger partial charge >= 0.3 is 0 Å². The zero-order valence-corrected chi connectivity index (χ0v) is 12.4. The van der Waals surface area contributed by atoms with Crippen molar-refractivity contribution in [2.75, 3.05) is 5.32 Å². The first-order valence-electron chi connectivity index (χ1n) is 6.89. The molecule has 0 aliphatic rings. The van der Waals surface area contributed by atoms with Gasteiger partial charge in [-0.2, -0.15) is 0 Å². The average Bonchev–Trinajstić information content (AvgIpc) is 2.85. The number of carbonyl (C=O) groups is 1. The van der Waals surface area contributed by atoms with E-state index in [-0.39, 0.29) is 18.2 Å². The maximum Gasteiger partial charge on any atom is 0.226 e. The van der Waals surface area contributed by atoms with Crippen molar-refractivity contribution in [2.45, 2.75) is 26.4 Å². The Morgan fingerprint density at radius 3 is 2.81 bits per heavy atom. The van der Waals surface area contributed by atoms with Gasteiger partial charge < -0.3 is 15.0 Å². The standard InChI is InChI=1S/C15H20N4O2/c1-10(2)13(20)8-14(21)17-12-6-4-5-11(7-12)15-18-16-9-19(15)3/h4-7,9-10,13,20H,8H2,1-3H3,(H,17,21). The molecule has 112 valence electrons. The molecule has 6 nitrogen and oxygen atoms in total. The minimum Gasteiger partial charge on any atom is -0.392 e. The SMILES string of the molecule is CC(C)C(O)CC(=O)Nc1cccc(-c2nncn2C)c1. The fourth-order valence-corrected chi connectivity index (χ4v) is 1.92. The summed E-state index contributed by atoms with van der Waals surface area (Å²) in [5.74, 6) is 0.584. The third-order valence-electron chi connectivity index (χ3n) is 3.28. The predicted octanol–water partition coefficient (Wildman–Crippen LogP) is 1.83. The van der Waals surface area contributed by atoms with Crippen molar-refractivity contribution in [1.82, 2.24) is 14.8 Å². The molecule has 2 aromatic rings. The summed E-state index contributed by atoms with van der Waals surface area (Å²) in [6.45, 7) is 3.76. The van der Waals surface area contributed by atoms with Gasteiger partial charge in [0, 0.05) is 18.3 Å². The van der Waals surface area contributed by atoms with Crippen LogP contribution < -0.4 is 5.32 Å². The Hall–Kier alpha value is -2.21. The van der Waals surface area contributed by atoms with Crippen LogP contribution in [0.4, 0.5) is 5.69 Å². The van der Waals surface area contributed by atoms with Crippen LogP contribution in [-0.4, -0.2) is 31.9 Å². The average molecular weight is 288 g/mol. The molecular formula is C15H20N4O2. The van der Waals surface area contributed by atoms with Crippen molar-refractivity contribution in [3.63, 3.8) is 0 Å². The number of aromatic nitrogens is 3. The Morgan fingerprint density at radius 1 is 1.43 bits per heavy atom. The lowest BCUT2D eigenvalue weighted by atomic mass is 10.0. The van der Waals surface area contributed by atoms with E-state index in [9.17, 15) is 9.90 Å². The number of rotatable bonds is 5. The number of nitrogens with one attached hydrogen (secondary N) is 1. The summed E-state index contributed by atoms with van der Waals surface area (Å²) in [4.78, 5) is 11.9. The third kappa shape index (κ3) is 3.88. The maximum atomic E-state index is 11.9. The van der Waals surface area contributed by atoms with Crippen LogP contribution in [0.3, 0.4) is 0 Å². The predicted molar refractivity (Wildman–Crippen MR) is 80.5 cm³/mol. The molecule has 0 aliphatic heterocycles. The number of carbonyl (C=O) groups excluding carboxylic acids is 1. The van der Waals surface area contributed by atoms with E-state index in [4.69, 9.17) is 0 Å². The number of aryl methyl sites for hydroxylation is 1. The minimum atomic E-state index is -0.632. The molecule has 0 saturated carbocycles. The summed E-state index contributed by atoms with van der Waals surface area (Å²) in [5.41, 5.74) is 1.55. The van der Waals surface area contributed by atoms with Crippen LogP contribution in [0.5, 0.6) is 0 Å². The van der Waals surface area contributed by atoms with Crippen molar-refractivity contribution >= 4 is 11.6 Å². The third-order valence-corrected chi connectivity index (χ3v) is 3.28. The van der Waals surface area contributed by atoms with Crippen LogP contribution in [0.25, 0.3) is 11.4 Å². The zero-order chi connectivity index (χ0) is 15.4. The van der Waals surface area contributed by atoms with Gasteiger partial charge in [-0.15, -0.1) is 10.2 Å². The molecule has 2 N–H and O–H groups in total. The summed E-state index contributed by atoms with van der Waals surface area (Å²) in [7, 11) is 1.86. The maximum absolute atomic E-state index is 11.9. The van der Waals surface area contributed by atoms with Crippen LogP contribution >= 0.6 is 0 Å². The lowest BCUT2D eigenvalue weighted by Crippen LogP contribution is -2.23. The Kier molecular flexibility index (Phi) is 4.70. The van der Waals surface area contributed by atoms with Crippen LogP contribution in [0.2, 0.25) is 0 Å². The van der Waals surface area contributed by atoms with Crippen molar-refractivity contribution in [3.05, 3.63) is 30.6 Å². The van der Waals surface area contributed by atoms with Gasteiger partial charge in [-0.1, -0.05) is 26.0 Å². The Labute approximate surface area is 123 Å². The minimum absolute atomic E-state index is 0.0562. The first-order chi connectivity index (χ1) is 9.97. The highest BCUT2D eigenvalue weighted by Crippen LogP contribution is 2.20. The van der Waals surface area contributed by atoms with Gasteiger partial charge in [-0.05, 0) is 18.1 Å². The van der Waals surface area contributed by atoms with Crippen molar-refractivity contribution in [3.8, 4) is 11.4 Å². The molecule has 1 atom stereocenters.